The second-order valence-electron chi connectivity index (χ2n) is 3.94. The fraction of sp³-hybridized carbons (Fsp3) is 0.545. The van der Waals surface area contributed by atoms with Crippen LogP contribution in [0.15, 0.2) is 18.5 Å². The number of aliphatic hydroxyl groups is 1. The maximum absolute atomic E-state index is 9.05. The maximum Gasteiger partial charge on any atom is 0.0822 e. The summed E-state index contributed by atoms with van der Waals surface area (Å²) in [4.78, 5) is 6.23. The van der Waals surface area contributed by atoms with Gasteiger partial charge in [-0.2, -0.15) is 0 Å². The molecule has 0 aliphatic carbocycles. The average molecular weight is 227 g/mol. The van der Waals surface area contributed by atoms with Crippen LogP contribution in [0, 0.1) is 5.92 Å². The van der Waals surface area contributed by atoms with Gasteiger partial charge >= 0.3 is 0 Å². The standard InChI is InChI=1S/C11H15ClN2O/c12-10-7-13-4-1-11(10)14-5-2-9(8-15)3-6-14/h1,4,7,9,15H,2-3,5-6,8H2. The summed E-state index contributed by atoms with van der Waals surface area (Å²) in [5.74, 6) is 0.460. The maximum atomic E-state index is 9.05. The molecule has 0 atom stereocenters. The highest BCUT2D eigenvalue weighted by Crippen LogP contribution is 2.28. The van der Waals surface area contributed by atoms with Crippen molar-refractivity contribution >= 4 is 17.3 Å². The Bertz CT molecular complexity index is 324. The second kappa shape index (κ2) is 4.81. The van der Waals surface area contributed by atoms with Crippen LogP contribution in [0.5, 0.6) is 0 Å². The Hall–Kier alpha value is -0.800. The molecule has 1 aliphatic rings. The third kappa shape index (κ3) is 2.41. The Labute approximate surface area is 94.7 Å². The third-order valence-corrected chi connectivity index (χ3v) is 3.26. The first kappa shape index (κ1) is 10.7. The molecule has 2 heterocycles. The fourth-order valence-electron chi connectivity index (χ4n) is 1.98. The van der Waals surface area contributed by atoms with Crippen molar-refractivity contribution in [3.05, 3.63) is 23.5 Å². The number of nitrogens with zero attached hydrogens (tertiary/aromatic N) is 2. The van der Waals surface area contributed by atoms with Gasteiger partial charge < -0.3 is 10.0 Å². The number of aromatic nitrogens is 1. The summed E-state index contributed by atoms with van der Waals surface area (Å²) in [7, 11) is 0. The quantitative estimate of drug-likeness (QED) is 0.838. The number of anilines is 1. The minimum absolute atomic E-state index is 0.303. The molecule has 0 saturated carbocycles. The molecule has 1 fully saturated rings. The van der Waals surface area contributed by atoms with Gasteiger partial charge in [-0.15, -0.1) is 0 Å². The number of pyridine rings is 1. The molecule has 82 valence electrons. The van der Waals surface area contributed by atoms with Gasteiger partial charge in [-0.25, -0.2) is 0 Å². The highest BCUT2D eigenvalue weighted by Gasteiger charge is 2.19. The Kier molecular flexibility index (Phi) is 3.44. The first-order valence-corrected chi connectivity index (χ1v) is 5.64. The molecule has 0 aromatic carbocycles. The molecule has 15 heavy (non-hydrogen) atoms. The van der Waals surface area contributed by atoms with E-state index < -0.39 is 0 Å². The molecule has 3 nitrogen and oxygen atoms in total. The monoisotopic (exact) mass is 226 g/mol. The number of aliphatic hydroxyl groups excluding tert-OH is 1. The molecule has 0 spiro atoms. The molecule has 1 aliphatic heterocycles. The summed E-state index contributed by atoms with van der Waals surface area (Å²) in [6.45, 7) is 2.24. The van der Waals surface area contributed by atoms with Gasteiger partial charge in [0.1, 0.15) is 0 Å². The zero-order valence-corrected chi connectivity index (χ0v) is 9.32. The Morgan fingerprint density at radius 3 is 2.80 bits per heavy atom. The van der Waals surface area contributed by atoms with Gasteiger partial charge in [0.15, 0.2) is 0 Å². The van der Waals surface area contributed by atoms with Crippen molar-refractivity contribution in [2.24, 2.45) is 5.92 Å². The molecule has 4 heteroatoms. The number of hydrogen-bond acceptors (Lipinski definition) is 3. The van der Waals surface area contributed by atoms with Crippen LogP contribution < -0.4 is 4.90 Å². The van der Waals surface area contributed by atoms with Crippen molar-refractivity contribution in [2.75, 3.05) is 24.6 Å². The van der Waals surface area contributed by atoms with Crippen molar-refractivity contribution < 1.29 is 5.11 Å². The summed E-state index contributed by atoms with van der Waals surface area (Å²) in [6.07, 6.45) is 5.51. The lowest BCUT2D eigenvalue weighted by Crippen LogP contribution is -2.34. The normalized spacial score (nSPS) is 18.1. The average Bonchev–Trinajstić information content (AvgIpc) is 2.30. The van der Waals surface area contributed by atoms with Crippen LogP contribution in [0.3, 0.4) is 0 Å². The highest BCUT2D eigenvalue weighted by atomic mass is 35.5. The Balaban J connectivity index is 2.04. The van der Waals surface area contributed by atoms with E-state index in [4.69, 9.17) is 16.7 Å². The van der Waals surface area contributed by atoms with Crippen molar-refractivity contribution in [2.45, 2.75) is 12.8 Å². The van der Waals surface area contributed by atoms with Gasteiger partial charge in [0, 0.05) is 32.1 Å². The lowest BCUT2D eigenvalue weighted by Gasteiger charge is -2.33. The zero-order chi connectivity index (χ0) is 10.7. The number of halogens is 1. The third-order valence-electron chi connectivity index (χ3n) is 2.96. The number of hydrogen-bond donors (Lipinski definition) is 1. The van der Waals surface area contributed by atoms with E-state index in [-0.39, 0.29) is 0 Å². The Morgan fingerprint density at radius 1 is 1.47 bits per heavy atom. The van der Waals surface area contributed by atoms with Crippen molar-refractivity contribution in [1.82, 2.24) is 4.98 Å². The second-order valence-corrected chi connectivity index (χ2v) is 4.35. The van der Waals surface area contributed by atoms with Crippen LogP contribution in [-0.2, 0) is 0 Å². The molecule has 0 bridgehead atoms. The van der Waals surface area contributed by atoms with E-state index in [1.807, 2.05) is 6.07 Å². The summed E-state index contributed by atoms with van der Waals surface area (Å²) in [6, 6.07) is 1.95. The minimum Gasteiger partial charge on any atom is -0.396 e. The molecule has 2 rings (SSSR count). The van der Waals surface area contributed by atoms with Gasteiger partial charge in [-0.05, 0) is 24.8 Å². The zero-order valence-electron chi connectivity index (χ0n) is 8.56. The summed E-state index contributed by atoms with van der Waals surface area (Å²) < 4.78 is 0. The molecular weight excluding hydrogens is 212 g/mol. The summed E-state index contributed by atoms with van der Waals surface area (Å²) >= 11 is 6.07. The van der Waals surface area contributed by atoms with E-state index in [0.717, 1.165) is 31.6 Å². The summed E-state index contributed by atoms with van der Waals surface area (Å²) in [5.41, 5.74) is 1.06. The molecule has 1 saturated heterocycles. The smallest absolute Gasteiger partial charge is 0.0822 e. The van der Waals surface area contributed by atoms with Gasteiger partial charge in [-0.3, -0.25) is 4.98 Å². The lowest BCUT2D eigenvalue weighted by molar-refractivity contribution is 0.203. The van der Waals surface area contributed by atoms with E-state index in [0.29, 0.717) is 17.5 Å². The topological polar surface area (TPSA) is 36.4 Å². The largest absolute Gasteiger partial charge is 0.396 e. The first-order chi connectivity index (χ1) is 7.31. The lowest BCUT2D eigenvalue weighted by atomic mass is 9.97. The van der Waals surface area contributed by atoms with Gasteiger partial charge in [0.2, 0.25) is 0 Å². The van der Waals surface area contributed by atoms with E-state index in [1.165, 1.54) is 0 Å². The Morgan fingerprint density at radius 2 is 2.20 bits per heavy atom. The molecule has 0 unspecified atom stereocenters. The number of rotatable bonds is 2. The predicted molar refractivity (Wildman–Crippen MR) is 61.3 cm³/mol. The van der Waals surface area contributed by atoms with Crippen LogP contribution >= 0.6 is 11.6 Å². The predicted octanol–water partition coefficient (Wildman–Crippen LogP) is 1.94. The van der Waals surface area contributed by atoms with E-state index >= 15 is 0 Å². The summed E-state index contributed by atoms with van der Waals surface area (Å²) in [5, 5.41) is 9.76. The van der Waals surface area contributed by atoms with Crippen molar-refractivity contribution in [3.63, 3.8) is 0 Å². The molecule has 1 aromatic rings. The van der Waals surface area contributed by atoms with E-state index in [9.17, 15) is 0 Å². The van der Waals surface area contributed by atoms with Crippen LogP contribution in [0.1, 0.15) is 12.8 Å². The van der Waals surface area contributed by atoms with Crippen LogP contribution in [0.2, 0.25) is 5.02 Å². The molecule has 1 aromatic heterocycles. The van der Waals surface area contributed by atoms with Gasteiger partial charge in [0.25, 0.3) is 0 Å². The van der Waals surface area contributed by atoms with Gasteiger partial charge in [0.05, 0.1) is 10.7 Å². The fourth-order valence-corrected chi connectivity index (χ4v) is 2.22. The van der Waals surface area contributed by atoms with E-state index in [1.54, 1.807) is 12.4 Å². The number of piperidine rings is 1. The molecular formula is C11H15ClN2O. The molecule has 0 radical (unpaired) electrons. The van der Waals surface area contributed by atoms with Crippen molar-refractivity contribution in [3.8, 4) is 0 Å². The van der Waals surface area contributed by atoms with Crippen LogP contribution in [0.4, 0.5) is 5.69 Å². The SMILES string of the molecule is OCC1CCN(c2ccncc2Cl)CC1. The van der Waals surface area contributed by atoms with Crippen molar-refractivity contribution in [1.29, 1.82) is 0 Å². The van der Waals surface area contributed by atoms with Crippen LogP contribution in [0.25, 0.3) is 0 Å². The van der Waals surface area contributed by atoms with Gasteiger partial charge in [-0.1, -0.05) is 11.6 Å². The molecule has 1 N–H and O–H groups in total. The first-order valence-electron chi connectivity index (χ1n) is 5.26. The molecule has 0 amide bonds. The minimum atomic E-state index is 0.303. The highest BCUT2D eigenvalue weighted by molar-refractivity contribution is 6.33. The van der Waals surface area contributed by atoms with Crippen LogP contribution in [-0.4, -0.2) is 29.8 Å². The van der Waals surface area contributed by atoms with E-state index in [2.05, 4.69) is 9.88 Å².